The zero-order valence-electron chi connectivity index (χ0n) is 7.66. The van der Waals surface area contributed by atoms with Crippen LogP contribution in [0.4, 0.5) is 0 Å². The van der Waals surface area contributed by atoms with Crippen LogP contribution >= 0.6 is 0 Å². The molecule has 0 spiro atoms. The number of carbonyl (C=O) groups is 1. The molecule has 0 aromatic rings. The summed E-state index contributed by atoms with van der Waals surface area (Å²) in [4.78, 5) is 10.7. The lowest BCUT2D eigenvalue weighted by Gasteiger charge is -2.15. The van der Waals surface area contributed by atoms with Gasteiger partial charge in [-0.25, -0.2) is 0 Å². The first-order valence-corrected chi connectivity index (χ1v) is 4.91. The van der Waals surface area contributed by atoms with Gasteiger partial charge in [0.15, 0.2) is 0 Å². The molecule has 0 rings (SSSR count). The van der Waals surface area contributed by atoms with E-state index < -0.39 is 16.3 Å². The van der Waals surface area contributed by atoms with Crippen molar-refractivity contribution in [1.29, 1.82) is 0 Å². The second kappa shape index (κ2) is 3.97. The summed E-state index contributed by atoms with van der Waals surface area (Å²) in [5.41, 5.74) is 0. The first-order chi connectivity index (χ1) is 5.27. The van der Waals surface area contributed by atoms with Gasteiger partial charge in [0.05, 0.1) is 6.04 Å². The van der Waals surface area contributed by atoms with E-state index in [9.17, 15) is 13.2 Å². The van der Waals surface area contributed by atoms with E-state index in [1.807, 2.05) is 0 Å². The van der Waals surface area contributed by atoms with Crippen LogP contribution in [0.3, 0.4) is 0 Å². The molecule has 0 radical (unpaired) electrons. The van der Waals surface area contributed by atoms with Crippen LogP contribution < -0.4 is 4.72 Å². The third-order valence-corrected chi connectivity index (χ3v) is 3.03. The van der Waals surface area contributed by atoms with E-state index in [4.69, 9.17) is 0 Å². The molecule has 1 N–H and O–H groups in total. The quantitative estimate of drug-likeness (QED) is 0.647. The van der Waals surface area contributed by atoms with Gasteiger partial charge in [-0.3, -0.25) is 4.79 Å². The van der Waals surface area contributed by atoms with Crippen LogP contribution in [-0.2, 0) is 15.0 Å². The minimum Gasteiger partial charge on any atom is -0.298 e. The first kappa shape index (κ1) is 11.5. The molecule has 6 heteroatoms. The molecule has 72 valence electrons. The minimum absolute atomic E-state index is 0.208. The fourth-order valence-corrected chi connectivity index (χ4v) is 1.24. The normalized spacial score (nSPS) is 14.8. The lowest BCUT2D eigenvalue weighted by Crippen LogP contribution is -2.43. The molecule has 0 aliphatic heterocycles. The van der Waals surface area contributed by atoms with Gasteiger partial charge in [0, 0.05) is 14.1 Å². The van der Waals surface area contributed by atoms with Crippen molar-refractivity contribution in [2.75, 3.05) is 14.1 Å². The predicted octanol–water partition coefficient (Wildman–Crippen LogP) is -0.640. The summed E-state index contributed by atoms with van der Waals surface area (Å²) in [6.45, 7) is 2.84. The van der Waals surface area contributed by atoms with E-state index >= 15 is 0 Å². The Morgan fingerprint density at radius 1 is 1.42 bits per heavy atom. The Kier molecular flexibility index (Phi) is 3.82. The van der Waals surface area contributed by atoms with Crippen molar-refractivity contribution in [3.05, 3.63) is 0 Å². The van der Waals surface area contributed by atoms with Gasteiger partial charge in [0.2, 0.25) is 0 Å². The summed E-state index contributed by atoms with van der Waals surface area (Å²) in [5.74, 6) is -0.208. The molecule has 0 saturated heterocycles. The number of Topliss-reactive ketones (excluding diaryl/α,β-unsaturated/α-hetero) is 1. The zero-order valence-corrected chi connectivity index (χ0v) is 8.47. The summed E-state index contributed by atoms with van der Waals surface area (Å²) in [5, 5.41) is 0. The lowest BCUT2D eigenvalue weighted by molar-refractivity contribution is -0.118. The van der Waals surface area contributed by atoms with Gasteiger partial charge < -0.3 is 0 Å². The van der Waals surface area contributed by atoms with E-state index in [0.29, 0.717) is 0 Å². The third-order valence-electron chi connectivity index (χ3n) is 1.42. The Morgan fingerprint density at radius 3 is 2.08 bits per heavy atom. The van der Waals surface area contributed by atoms with Gasteiger partial charge in [-0.05, 0) is 13.8 Å². The molecule has 1 atom stereocenters. The van der Waals surface area contributed by atoms with E-state index in [0.717, 1.165) is 4.31 Å². The molecule has 5 nitrogen and oxygen atoms in total. The number of carbonyl (C=O) groups excluding carboxylic acids is 1. The summed E-state index contributed by atoms with van der Waals surface area (Å²) < 4.78 is 25.4. The standard InChI is InChI=1S/C6H14N2O3S/c1-5(6(2)9)7-12(10,11)8(3)4/h5,7H,1-4H3. The van der Waals surface area contributed by atoms with Crippen molar-refractivity contribution in [2.45, 2.75) is 19.9 Å². The first-order valence-electron chi connectivity index (χ1n) is 3.47. The van der Waals surface area contributed by atoms with Crippen molar-refractivity contribution < 1.29 is 13.2 Å². The van der Waals surface area contributed by atoms with Crippen molar-refractivity contribution >= 4 is 16.0 Å². The summed E-state index contributed by atoms with van der Waals surface area (Å²) >= 11 is 0. The topological polar surface area (TPSA) is 66.5 Å². The Hall–Kier alpha value is -0.460. The number of hydrogen-bond donors (Lipinski definition) is 1. The van der Waals surface area contributed by atoms with E-state index in [-0.39, 0.29) is 5.78 Å². The van der Waals surface area contributed by atoms with Crippen molar-refractivity contribution in [3.8, 4) is 0 Å². The highest BCUT2D eigenvalue weighted by Gasteiger charge is 2.18. The predicted molar refractivity (Wildman–Crippen MR) is 45.9 cm³/mol. The zero-order chi connectivity index (χ0) is 9.94. The fourth-order valence-electron chi connectivity index (χ4n) is 0.412. The minimum atomic E-state index is -3.48. The van der Waals surface area contributed by atoms with Gasteiger partial charge in [0.1, 0.15) is 5.78 Å². The molecule has 0 saturated carbocycles. The third kappa shape index (κ3) is 3.29. The van der Waals surface area contributed by atoms with Gasteiger partial charge >= 0.3 is 0 Å². The number of nitrogens with one attached hydrogen (secondary N) is 1. The monoisotopic (exact) mass is 194 g/mol. The van der Waals surface area contributed by atoms with E-state index in [2.05, 4.69) is 4.72 Å². The van der Waals surface area contributed by atoms with Gasteiger partial charge in [-0.1, -0.05) is 0 Å². The highest BCUT2D eigenvalue weighted by molar-refractivity contribution is 7.87. The Morgan fingerprint density at radius 2 is 1.83 bits per heavy atom. The number of rotatable bonds is 4. The molecule has 0 amide bonds. The molecule has 0 aromatic heterocycles. The molecule has 0 aliphatic rings. The lowest BCUT2D eigenvalue weighted by atomic mass is 10.3. The molecule has 0 heterocycles. The van der Waals surface area contributed by atoms with Crippen molar-refractivity contribution in [2.24, 2.45) is 0 Å². The maximum Gasteiger partial charge on any atom is 0.279 e. The molecular weight excluding hydrogens is 180 g/mol. The van der Waals surface area contributed by atoms with Crippen molar-refractivity contribution in [3.63, 3.8) is 0 Å². The molecule has 1 unspecified atom stereocenters. The van der Waals surface area contributed by atoms with Gasteiger partial charge in [0.25, 0.3) is 10.2 Å². The van der Waals surface area contributed by atoms with Crippen LogP contribution in [0.2, 0.25) is 0 Å². The summed E-state index contributed by atoms with van der Waals surface area (Å²) in [7, 11) is -0.684. The number of hydrogen-bond acceptors (Lipinski definition) is 3. The molecule has 0 bridgehead atoms. The molecule has 12 heavy (non-hydrogen) atoms. The van der Waals surface area contributed by atoms with Crippen LogP contribution in [0.5, 0.6) is 0 Å². The van der Waals surface area contributed by atoms with E-state index in [1.165, 1.54) is 27.9 Å². The molecule has 0 fully saturated rings. The SMILES string of the molecule is CC(=O)C(C)NS(=O)(=O)N(C)C. The van der Waals surface area contributed by atoms with Crippen molar-refractivity contribution in [1.82, 2.24) is 9.03 Å². The van der Waals surface area contributed by atoms with Crippen LogP contribution in [-0.4, -0.2) is 38.6 Å². The van der Waals surface area contributed by atoms with Crippen LogP contribution in [0.1, 0.15) is 13.8 Å². The highest BCUT2D eigenvalue weighted by Crippen LogP contribution is 1.92. The second-order valence-electron chi connectivity index (χ2n) is 2.74. The Balaban J connectivity index is 4.37. The number of ketones is 1. The molecule has 0 aromatic carbocycles. The maximum atomic E-state index is 11.1. The number of nitrogens with zero attached hydrogens (tertiary/aromatic N) is 1. The smallest absolute Gasteiger partial charge is 0.279 e. The van der Waals surface area contributed by atoms with Crippen LogP contribution in [0, 0.1) is 0 Å². The Bertz CT molecular complexity index is 258. The average molecular weight is 194 g/mol. The summed E-state index contributed by atoms with van der Waals surface area (Å²) in [6, 6.07) is -0.669. The second-order valence-corrected chi connectivity index (χ2v) is 4.65. The highest BCUT2D eigenvalue weighted by atomic mass is 32.2. The molecule has 0 aliphatic carbocycles. The van der Waals surface area contributed by atoms with Crippen LogP contribution in [0.25, 0.3) is 0 Å². The largest absolute Gasteiger partial charge is 0.298 e. The summed E-state index contributed by atoms with van der Waals surface area (Å²) in [6.07, 6.45) is 0. The van der Waals surface area contributed by atoms with Gasteiger partial charge in [-0.2, -0.15) is 17.4 Å². The Labute approximate surface area is 72.9 Å². The maximum absolute atomic E-state index is 11.1. The fraction of sp³-hybridized carbons (Fsp3) is 0.833. The molecular formula is C6H14N2O3S. The average Bonchev–Trinajstić information content (AvgIpc) is 1.85. The van der Waals surface area contributed by atoms with Crippen LogP contribution in [0.15, 0.2) is 0 Å². The van der Waals surface area contributed by atoms with Gasteiger partial charge in [-0.15, -0.1) is 0 Å². The van der Waals surface area contributed by atoms with E-state index in [1.54, 1.807) is 0 Å².